The standard InChI is InChI=1S/C22H23N3O12S4.K.Na/c1-12(26)23-14-5-4-13-8-20(40(30,31)32)21(22(27)15(13)9-14)25-24-16-10-18(37-3)19(11-17(16)36-2)39(28,29)7-6-38-41(33,34)35;;/h4-5,8-11,27H,6-7H2,1-3H3,(H,23,26)(H,30,31,32)(H,33,34,35);;/q;2*+1/p-2. The maximum atomic E-state index is 12.8. The van der Waals surface area contributed by atoms with Crippen molar-refractivity contribution in [2.24, 2.45) is 10.2 Å². The Morgan fingerprint density at radius 2 is 1.58 bits per heavy atom. The van der Waals surface area contributed by atoms with Crippen LogP contribution in [0.25, 0.3) is 10.8 Å². The average molecular weight is 710 g/mol. The molecule has 3 aromatic carbocycles. The van der Waals surface area contributed by atoms with Crippen molar-refractivity contribution in [2.45, 2.75) is 16.7 Å². The largest absolute Gasteiger partial charge is 1.00 e. The number of nitrogens with zero attached hydrogens (tertiary/aromatic N) is 2. The zero-order chi connectivity index (χ0) is 30.8. The van der Waals surface area contributed by atoms with Crippen LogP contribution in [0.2, 0.25) is 0 Å². The second kappa shape index (κ2) is 16.1. The van der Waals surface area contributed by atoms with Crippen molar-refractivity contribution >= 4 is 73.6 Å². The topological polar surface area (TPSA) is 241 Å². The summed E-state index contributed by atoms with van der Waals surface area (Å²) in [6, 6.07) is 7.14. The van der Waals surface area contributed by atoms with Crippen LogP contribution in [0.1, 0.15) is 6.92 Å². The first-order valence-electron chi connectivity index (χ1n) is 11.0. The van der Waals surface area contributed by atoms with Crippen LogP contribution < -0.4 is 95.7 Å². The van der Waals surface area contributed by atoms with Gasteiger partial charge in [0.15, 0.2) is 15.6 Å². The molecule has 2 N–H and O–H groups in total. The van der Waals surface area contributed by atoms with Crippen molar-refractivity contribution in [3.05, 3.63) is 36.4 Å². The van der Waals surface area contributed by atoms with E-state index in [0.717, 1.165) is 32.4 Å². The van der Waals surface area contributed by atoms with Gasteiger partial charge < -0.3 is 29.0 Å². The molecule has 3 aromatic rings. The van der Waals surface area contributed by atoms with E-state index in [0.29, 0.717) is 0 Å². The number of nitrogens with one attached hydrogen (secondary N) is 1. The van der Waals surface area contributed by atoms with Gasteiger partial charge in [-0.1, -0.05) is 6.07 Å². The third-order valence-electron chi connectivity index (χ3n) is 5.28. The van der Waals surface area contributed by atoms with E-state index in [4.69, 9.17) is 9.47 Å². The van der Waals surface area contributed by atoms with Crippen molar-refractivity contribution in [3.8, 4) is 17.2 Å². The van der Waals surface area contributed by atoms with E-state index in [1.807, 2.05) is 0 Å². The molecule has 15 nitrogen and oxygen atoms in total. The van der Waals surface area contributed by atoms with Crippen molar-refractivity contribution in [2.75, 3.05) is 31.0 Å². The molecular formula is C22H21KN3NaO12S4. The number of hydrogen-bond acceptors (Lipinski definition) is 15. The van der Waals surface area contributed by atoms with Gasteiger partial charge in [0.1, 0.15) is 47.0 Å². The van der Waals surface area contributed by atoms with Gasteiger partial charge in [0.25, 0.3) is 0 Å². The summed E-state index contributed by atoms with van der Waals surface area (Å²) in [7, 11) is -11.9. The Balaban J connectivity index is 0.00000462. The second-order valence-electron chi connectivity index (χ2n) is 8.07. The van der Waals surface area contributed by atoms with Crippen LogP contribution in [0.4, 0.5) is 17.1 Å². The van der Waals surface area contributed by atoms with E-state index in [1.165, 1.54) is 25.1 Å². The molecule has 0 aliphatic carbocycles. The van der Waals surface area contributed by atoms with E-state index in [1.54, 1.807) is 0 Å². The van der Waals surface area contributed by atoms with Gasteiger partial charge in [-0.2, -0.15) is 0 Å². The molecule has 43 heavy (non-hydrogen) atoms. The number of phenolic OH excluding ortho intramolecular Hbond substituents is 1. The Morgan fingerprint density at radius 3 is 2.12 bits per heavy atom. The number of carbonyl (C=O) groups excluding carboxylic acids is 1. The molecule has 0 spiro atoms. The number of aromatic hydroxyl groups is 1. The minimum atomic E-state index is -5.19. The number of sulfone groups is 1. The summed E-state index contributed by atoms with van der Waals surface area (Å²) >= 11 is 0. The number of ether oxygens (including phenoxy) is 2. The molecule has 0 radical (unpaired) electrons. The van der Waals surface area contributed by atoms with E-state index in [2.05, 4.69) is 15.5 Å². The van der Waals surface area contributed by atoms with Gasteiger partial charge in [-0.3, -0.25) is 4.79 Å². The molecule has 0 heterocycles. The summed E-state index contributed by atoms with van der Waals surface area (Å²) in [4.78, 5) is 10.1. The van der Waals surface area contributed by atoms with Gasteiger partial charge >= 0.3 is 80.9 Å². The van der Waals surface area contributed by atoms with Crippen molar-refractivity contribution in [1.29, 1.82) is 0 Å². The Morgan fingerprint density at radius 1 is 0.953 bits per heavy atom. The smallest absolute Gasteiger partial charge is 0.744 e. The predicted octanol–water partition coefficient (Wildman–Crippen LogP) is -3.18. The van der Waals surface area contributed by atoms with Crippen LogP contribution >= 0.6 is 10.8 Å². The Bertz CT molecular complexity index is 1890. The first-order chi connectivity index (χ1) is 19.0. The summed E-state index contributed by atoms with van der Waals surface area (Å²) < 4.78 is 104. The Kier molecular flexibility index (Phi) is 15.1. The quantitative estimate of drug-likeness (QED) is 0.0865. The molecule has 0 aliphatic heterocycles. The zero-order valence-electron chi connectivity index (χ0n) is 23.3. The van der Waals surface area contributed by atoms with Crippen molar-refractivity contribution in [3.63, 3.8) is 0 Å². The van der Waals surface area contributed by atoms with E-state index in [-0.39, 0.29) is 125 Å². The number of hydrogen-bond donors (Lipinski definition) is 2. The number of phenols is 1. The zero-order valence-corrected chi connectivity index (χ0v) is 31.7. The predicted molar refractivity (Wildman–Crippen MR) is 146 cm³/mol. The summed E-state index contributed by atoms with van der Waals surface area (Å²) in [6.45, 7) is 1.25. The number of benzene rings is 3. The summed E-state index contributed by atoms with van der Waals surface area (Å²) in [5.74, 6) is -2.95. The summed E-state index contributed by atoms with van der Waals surface area (Å²) in [5, 5.41) is 21.2. The maximum absolute atomic E-state index is 12.8. The SMILES string of the molecule is COc1cc(S(=O)(=O)CCSS(=O)(=O)[O-])c(OC)cc1N=Nc1c(S(=O)(=O)[O-])cc2ccc(NC(C)=O)cc2c1O.[K+].[Na+]. The van der Waals surface area contributed by atoms with E-state index < -0.39 is 67.7 Å². The Labute approximate surface area is 315 Å². The molecule has 0 unspecified atom stereocenters. The molecule has 3 rings (SSSR count). The van der Waals surface area contributed by atoms with Crippen LogP contribution in [0.15, 0.2) is 56.4 Å². The molecule has 0 atom stereocenters. The first kappa shape index (κ1) is 40.2. The molecule has 0 aromatic heterocycles. The summed E-state index contributed by atoms with van der Waals surface area (Å²) in [5.41, 5.74) is -0.683. The molecular weight excluding hydrogens is 689 g/mol. The Hall–Kier alpha value is -0.854. The van der Waals surface area contributed by atoms with Crippen LogP contribution in [-0.4, -0.2) is 71.1 Å². The third kappa shape index (κ3) is 10.6. The van der Waals surface area contributed by atoms with Crippen LogP contribution in [-0.2, 0) is 33.9 Å². The van der Waals surface area contributed by atoms with Gasteiger partial charge in [0, 0.05) is 35.9 Å². The van der Waals surface area contributed by atoms with Crippen LogP contribution in [0, 0.1) is 0 Å². The van der Waals surface area contributed by atoms with Gasteiger partial charge in [-0.15, -0.1) is 10.2 Å². The van der Waals surface area contributed by atoms with Crippen LogP contribution in [0.5, 0.6) is 17.2 Å². The number of rotatable bonds is 11. The van der Waals surface area contributed by atoms with Crippen molar-refractivity contribution in [1.82, 2.24) is 0 Å². The number of carbonyl (C=O) groups is 1. The molecule has 0 aliphatic rings. The average Bonchev–Trinajstić information content (AvgIpc) is 2.85. The fourth-order valence-electron chi connectivity index (χ4n) is 3.54. The molecule has 0 bridgehead atoms. The molecule has 21 heteroatoms. The monoisotopic (exact) mass is 709 g/mol. The minimum absolute atomic E-state index is 0. The van der Waals surface area contributed by atoms with Gasteiger partial charge in [0.05, 0.1) is 24.9 Å². The van der Waals surface area contributed by atoms with Crippen LogP contribution in [0.3, 0.4) is 0 Å². The summed E-state index contributed by atoms with van der Waals surface area (Å²) in [6.07, 6.45) is 0. The fraction of sp³-hybridized carbons (Fsp3) is 0.227. The number of amides is 1. The minimum Gasteiger partial charge on any atom is -0.744 e. The van der Waals surface area contributed by atoms with Gasteiger partial charge in [-0.25, -0.2) is 25.3 Å². The van der Waals surface area contributed by atoms with E-state index >= 15 is 0 Å². The first-order valence-corrected chi connectivity index (χ1v) is 17.0. The normalized spacial score (nSPS) is 11.9. The fourth-order valence-corrected chi connectivity index (χ4v) is 7.72. The number of methoxy groups -OCH3 is 2. The molecule has 0 saturated carbocycles. The second-order valence-corrected chi connectivity index (χ2v) is 14.9. The number of fused-ring (bicyclic) bond motifs is 1. The van der Waals surface area contributed by atoms with Gasteiger partial charge in [0.2, 0.25) is 5.91 Å². The maximum Gasteiger partial charge on any atom is 1.00 e. The number of azo groups is 1. The third-order valence-corrected chi connectivity index (χ3v) is 10.1. The number of anilines is 1. The molecule has 0 fully saturated rings. The van der Waals surface area contributed by atoms with Gasteiger partial charge in [-0.05, 0) is 34.4 Å². The molecule has 1 amide bonds. The van der Waals surface area contributed by atoms with E-state index in [9.17, 15) is 44.3 Å². The molecule has 222 valence electrons. The van der Waals surface area contributed by atoms with Crippen molar-refractivity contribution < 1.29 is 135 Å². The molecule has 0 saturated heterocycles.